The standard InChI is InChI=1S/C12H27NO/c1-5-7-13-10-12(3)9-11(2)6-8-14-4/h11-13H,5-10H2,1-4H3. The van der Waals surface area contributed by atoms with Crippen molar-refractivity contribution in [2.45, 2.75) is 40.0 Å². The van der Waals surface area contributed by atoms with Crippen LogP contribution in [0, 0.1) is 11.8 Å². The molecule has 0 fully saturated rings. The van der Waals surface area contributed by atoms with E-state index < -0.39 is 0 Å². The number of nitrogens with one attached hydrogen (secondary N) is 1. The topological polar surface area (TPSA) is 21.3 Å². The van der Waals surface area contributed by atoms with Crippen molar-refractivity contribution in [1.29, 1.82) is 0 Å². The Morgan fingerprint density at radius 3 is 2.50 bits per heavy atom. The third kappa shape index (κ3) is 8.52. The molecule has 0 spiro atoms. The molecule has 2 nitrogen and oxygen atoms in total. The van der Waals surface area contributed by atoms with Gasteiger partial charge in [0.25, 0.3) is 0 Å². The smallest absolute Gasteiger partial charge is 0.0464 e. The van der Waals surface area contributed by atoms with Gasteiger partial charge in [0.05, 0.1) is 0 Å². The van der Waals surface area contributed by atoms with E-state index >= 15 is 0 Å². The highest BCUT2D eigenvalue weighted by Crippen LogP contribution is 2.14. The second-order valence-electron chi connectivity index (χ2n) is 4.43. The fourth-order valence-electron chi connectivity index (χ4n) is 1.73. The average molecular weight is 201 g/mol. The number of hydrogen-bond acceptors (Lipinski definition) is 2. The van der Waals surface area contributed by atoms with Gasteiger partial charge in [-0.2, -0.15) is 0 Å². The fourth-order valence-corrected chi connectivity index (χ4v) is 1.73. The lowest BCUT2D eigenvalue weighted by Gasteiger charge is -2.17. The lowest BCUT2D eigenvalue weighted by Crippen LogP contribution is -2.23. The van der Waals surface area contributed by atoms with E-state index in [1.807, 2.05) is 0 Å². The highest BCUT2D eigenvalue weighted by Gasteiger charge is 2.07. The quantitative estimate of drug-likeness (QED) is 0.579. The van der Waals surface area contributed by atoms with Crippen LogP contribution in [0.4, 0.5) is 0 Å². The molecule has 0 aromatic heterocycles. The summed E-state index contributed by atoms with van der Waals surface area (Å²) in [5.41, 5.74) is 0. The van der Waals surface area contributed by atoms with Crippen LogP contribution in [0.2, 0.25) is 0 Å². The van der Waals surface area contributed by atoms with Gasteiger partial charge in [-0.15, -0.1) is 0 Å². The monoisotopic (exact) mass is 201 g/mol. The predicted octanol–water partition coefficient (Wildman–Crippen LogP) is 2.68. The molecule has 0 aromatic carbocycles. The summed E-state index contributed by atoms with van der Waals surface area (Å²) >= 11 is 0. The summed E-state index contributed by atoms with van der Waals surface area (Å²) in [4.78, 5) is 0. The molecule has 2 heteroatoms. The second-order valence-corrected chi connectivity index (χ2v) is 4.43. The predicted molar refractivity (Wildman–Crippen MR) is 62.6 cm³/mol. The molecule has 0 bridgehead atoms. The lowest BCUT2D eigenvalue weighted by molar-refractivity contribution is 0.174. The Kier molecular flexibility index (Phi) is 9.42. The summed E-state index contributed by atoms with van der Waals surface area (Å²) in [5, 5.41) is 3.47. The molecule has 1 N–H and O–H groups in total. The van der Waals surface area contributed by atoms with Crippen molar-refractivity contribution < 1.29 is 4.74 Å². The van der Waals surface area contributed by atoms with Gasteiger partial charge in [-0.25, -0.2) is 0 Å². The minimum Gasteiger partial charge on any atom is -0.385 e. The van der Waals surface area contributed by atoms with E-state index in [1.54, 1.807) is 7.11 Å². The molecule has 0 aliphatic rings. The van der Waals surface area contributed by atoms with Crippen molar-refractivity contribution in [2.75, 3.05) is 26.8 Å². The van der Waals surface area contributed by atoms with E-state index in [2.05, 4.69) is 26.1 Å². The molecule has 2 unspecified atom stereocenters. The van der Waals surface area contributed by atoms with Crippen molar-refractivity contribution in [3.63, 3.8) is 0 Å². The van der Waals surface area contributed by atoms with Crippen molar-refractivity contribution in [2.24, 2.45) is 11.8 Å². The SMILES string of the molecule is CCCNCC(C)CC(C)CCOC. The van der Waals surface area contributed by atoms with Gasteiger partial charge < -0.3 is 10.1 Å². The molecular weight excluding hydrogens is 174 g/mol. The van der Waals surface area contributed by atoms with E-state index in [1.165, 1.54) is 19.3 Å². The largest absolute Gasteiger partial charge is 0.385 e. The van der Waals surface area contributed by atoms with Crippen LogP contribution in [0.3, 0.4) is 0 Å². The Labute approximate surface area is 89.4 Å². The Balaban J connectivity index is 3.35. The Morgan fingerprint density at radius 1 is 1.21 bits per heavy atom. The average Bonchev–Trinajstić information content (AvgIpc) is 2.15. The van der Waals surface area contributed by atoms with Gasteiger partial charge in [0, 0.05) is 13.7 Å². The van der Waals surface area contributed by atoms with Crippen molar-refractivity contribution in [3.8, 4) is 0 Å². The third-order valence-corrected chi connectivity index (χ3v) is 2.54. The molecule has 2 atom stereocenters. The maximum absolute atomic E-state index is 5.08. The molecule has 0 aromatic rings. The van der Waals surface area contributed by atoms with E-state index in [-0.39, 0.29) is 0 Å². The first-order valence-corrected chi connectivity index (χ1v) is 5.90. The number of hydrogen-bond donors (Lipinski definition) is 1. The zero-order chi connectivity index (χ0) is 10.8. The van der Waals surface area contributed by atoms with Gasteiger partial charge in [-0.3, -0.25) is 0 Å². The highest BCUT2D eigenvalue weighted by atomic mass is 16.5. The number of ether oxygens (including phenoxy) is 1. The maximum Gasteiger partial charge on any atom is 0.0464 e. The van der Waals surface area contributed by atoms with Gasteiger partial charge >= 0.3 is 0 Å². The first kappa shape index (κ1) is 13.9. The molecule has 14 heavy (non-hydrogen) atoms. The zero-order valence-electron chi connectivity index (χ0n) is 10.3. The summed E-state index contributed by atoms with van der Waals surface area (Å²) in [6, 6.07) is 0. The van der Waals surface area contributed by atoms with Crippen molar-refractivity contribution in [3.05, 3.63) is 0 Å². The molecule has 0 heterocycles. The molecule has 0 saturated heterocycles. The Hall–Kier alpha value is -0.0800. The van der Waals surface area contributed by atoms with Crippen molar-refractivity contribution in [1.82, 2.24) is 5.32 Å². The normalized spacial score (nSPS) is 15.4. The molecule has 86 valence electrons. The summed E-state index contributed by atoms with van der Waals surface area (Å²) in [7, 11) is 1.78. The van der Waals surface area contributed by atoms with Gasteiger partial charge in [0.15, 0.2) is 0 Å². The summed E-state index contributed by atoms with van der Waals surface area (Å²) in [5.74, 6) is 1.57. The van der Waals surface area contributed by atoms with Crippen LogP contribution in [0.25, 0.3) is 0 Å². The van der Waals surface area contributed by atoms with E-state index in [0.717, 1.165) is 31.5 Å². The zero-order valence-corrected chi connectivity index (χ0v) is 10.3. The highest BCUT2D eigenvalue weighted by molar-refractivity contribution is 4.62. The van der Waals surface area contributed by atoms with Crippen molar-refractivity contribution >= 4 is 0 Å². The number of methoxy groups -OCH3 is 1. The molecule has 0 aliphatic heterocycles. The van der Waals surface area contributed by atoms with E-state index in [9.17, 15) is 0 Å². The maximum atomic E-state index is 5.08. The van der Waals surface area contributed by atoms with E-state index in [4.69, 9.17) is 4.74 Å². The molecule has 0 aliphatic carbocycles. The lowest BCUT2D eigenvalue weighted by atomic mass is 9.95. The molecule has 0 radical (unpaired) electrons. The van der Waals surface area contributed by atoms with Crippen LogP contribution in [0.15, 0.2) is 0 Å². The van der Waals surface area contributed by atoms with Crippen LogP contribution in [0.5, 0.6) is 0 Å². The molecule has 0 amide bonds. The first-order valence-electron chi connectivity index (χ1n) is 5.90. The molecule has 0 rings (SSSR count). The minimum absolute atomic E-state index is 0.786. The van der Waals surface area contributed by atoms with Crippen LogP contribution in [-0.4, -0.2) is 26.8 Å². The van der Waals surface area contributed by atoms with E-state index in [0.29, 0.717) is 0 Å². The van der Waals surface area contributed by atoms with Crippen LogP contribution in [0.1, 0.15) is 40.0 Å². The van der Waals surface area contributed by atoms with Gasteiger partial charge in [0.2, 0.25) is 0 Å². The minimum atomic E-state index is 0.786. The fraction of sp³-hybridized carbons (Fsp3) is 1.00. The van der Waals surface area contributed by atoms with Gasteiger partial charge in [-0.05, 0) is 44.2 Å². The van der Waals surface area contributed by atoms with Crippen LogP contribution in [-0.2, 0) is 4.74 Å². The van der Waals surface area contributed by atoms with Gasteiger partial charge in [-0.1, -0.05) is 20.8 Å². The van der Waals surface area contributed by atoms with Crippen LogP contribution >= 0.6 is 0 Å². The summed E-state index contributed by atoms with van der Waals surface area (Å²) in [6.45, 7) is 10.1. The third-order valence-electron chi connectivity index (χ3n) is 2.54. The molecule has 0 saturated carbocycles. The first-order chi connectivity index (χ1) is 6.70. The molecular formula is C12H27NO. The van der Waals surface area contributed by atoms with Crippen LogP contribution < -0.4 is 5.32 Å². The Morgan fingerprint density at radius 2 is 1.93 bits per heavy atom. The Bertz CT molecular complexity index is 117. The number of rotatable bonds is 9. The summed E-state index contributed by atoms with van der Waals surface area (Å²) in [6.07, 6.45) is 3.72. The van der Waals surface area contributed by atoms with Gasteiger partial charge in [0.1, 0.15) is 0 Å². The second kappa shape index (κ2) is 9.47. The summed E-state index contributed by atoms with van der Waals surface area (Å²) < 4.78 is 5.08.